The van der Waals surface area contributed by atoms with Gasteiger partial charge in [-0.15, -0.1) is 5.10 Å². The lowest BCUT2D eigenvalue weighted by Crippen LogP contribution is -2.51. The van der Waals surface area contributed by atoms with Gasteiger partial charge in [0, 0.05) is 32.1 Å². The minimum Gasteiger partial charge on any atom is -0.474 e. The molecule has 1 aromatic carbocycles. The Morgan fingerprint density at radius 2 is 2.06 bits per heavy atom. The van der Waals surface area contributed by atoms with E-state index in [0.717, 1.165) is 36.2 Å². The molecule has 1 aliphatic carbocycles. The smallest absolute Gasteiger partial charge is 0.407 e. The summed E-state index contributed by atoms with van der Waals surface area (Å²) in [6.07, 6.45) is 1.70. The number of carbonyl (C=O) groups excluding carboxylic acids is 2. The van der Waals surface area contributed by atoms with Gasteiger partial charge >= 0.3 is 6.09 Å². The van der Waals surface area contributed by atoms with Crippen LogP contribution in [-0.2, 0) is 18.2 Å². The van der Waals surface area contributed by atoms with E-state index in [4.69, 9.17) is 21.1 Å². The van der Waals surface area contributed by atoms with Crippen LogP contribution in [0.3, 0.4) is 0 Å². The number of alkyl carbamates (subject to hydrolysis) is 1. The number of hydrogen-bond acceptors (Lipinski definition) is 6. The highest BCUT2D eigenvalue weighted by Crippen LogP contribution is 2.46. The Bertz CT molecular complexity index is 1110. The number of aryl methyl sites for hydroxylation is 1. The molecular weight excluding hydrogens is 458 g/mol. The topological polar surface area (TPSA) is 88.9 Å². The minimum atomic E-state index is -0.406. The number of benzene rings is 1. The molecule has 9 nitrogen and oxygen atoms in total. The average molecular weight is 488 g/mol. The molecule has 10 heteroatoms. The summed E-state index contributed by atoms with van der Waals surface area (Å²) >= 11 is 6.69. The Kier molecular flexibility index (Phi) is 5.93. The minimum absolute atomic E-state index is 0.0313. The van der Waals surface area contributed by atoms with Crippen LogP contribution in [0, 0.1) is 5.92 Å². The second-order valence-electron chi connectivity index (χ2n) is 9.81. The fourth-order valence-electron chi connectivity index (χ4n) is 5.33. The second kappa shape index (κ2) is 8.78. The van der Waals surface area contributed by atoms with Crippen molar-refractivity contribution >= 4 is 23.6 Å². The standard InChI is InChI=1S/C24H30ClN5O4/c1-28(2)8-9-33-21-20(25)19(29(3)27-21)10-18-16-6-4-5-7-17(16)22(31)30(18)13-15-11-24(12-15)14-26-23(32)34-24/h4-7,15,18H,8-14H2,1-3H3,(H,26,32). The van der Waals surface area contributed by atoms with Crippen LogP contribution >= 0.6 is 11.6 Å². The molecule has 34 heavy (non-hydrogen) atoms. The van der Waals surface area contributed by atoms with E-state index in [0.29, 0.717) is 37.0 Å². The third-order valence-corrected chi connectivity index (χ3v) is 7.44. The van der Waals surface area contributed by atoms with E-state index in [2.05, 4.69) is 10.4 Å². The number of likely N-dealkylation sites (N-methyl/N-ethyl adjacent to an activating group) is 1. The van der Waals surface area contributed by atoms with Gasteiger partial charge in [0.2, 0.25) is 0 Å². The zero-order chi connectivity index (χ0) is 24.0. The molecule has 1 saturated carbocycles. The number of ether oxygens (including phenoxy) is 2. The van der Waals surface area contributed by atoms with Gasteiger partial charge in [0.25, 0.3) is 11.8 Å². The maximum absolute atomic E-state index is 13.4. The Morgan fingerprint density at radius 1 is 1.29 bits per heavy atom. The van der Waals surface area contributed by atoms with Crippen LogP contribution in [-0.4, -0.2) is 77.5 Å². The van der Waals surface area contributed by atoms with Crippen LogP contribution in [0.4, 0.5) is 4.79 Å². The SMILES string of the molecule is CN(C)CCOc1nn(C)c(CC2c3ccccc3C(=O)N2CC2CC3(CNC(=O)O3)C2)c1Cl. The Hall–Kier alpha value is -2.78. The van der Waals surface area contributed by atoms with Gasteiger partial charge in [0.15, 0.2) is 0 Å². The second-order valence-corrected chi connectivity index (χ2v) is 10.2. The quantitative estimate of drug-likeness (QED) is 0.615. The van der Waals surface area contributed by atoms with Crippen LogP contribution < -0.4 is 10.1 Å². The van der Waals surface area contributed by atoms with Crippen LogP contribution in [0.5, 0.6) is 5.88 Å². The molecule has 1 atom stereocenters. The summed E-state index contributed by atoms with van der Waals surface area (Å²) < 4.78 is 13.0. The highest BCUT2D eigenvalue weighted by Gasteiger charge is 2.52. The number of hydrogen-bond donors (Lipinski definition) is 1. The fourth-order valence-corrected chi connectivity index (χ4v) is 5.63. The summed E-state index contributed by atoms with van der Waals surface area (Å²) in [6.45, 7) is 2.40. The molecule has 1 saturated heterocycles. The summed E-state index contributed by atoms with van der Waals surface area (Å²) in [7, 11) is 5.81. The molecule has 2 aliphatic heterocycles. The number of amides is 2. The van der Waals surface area contributed by atoms with Gasteiger partial charge in [0.05, 0.1) is 18.3 Å². The molecule has 3 heterocycles. The third-order valence-electron chi connectivity index (χ3n) is 7.06. The average Bonchev–Trinajstić information content (AvgIpc) is 3.37. The Balaban J connectivity index is 1.34. The highest BCUT2D eigenvalue weighted by molar-refractivity contribution is 6.32. The van der Waals surface area contributed by atoms with Crippen LogP contribution in [0.2, 0.25) is 5.02 Å². The van der Waals surface area contributed by atoms with Gasteiger partial charge < -0.3 is 24.6 Å². The van der Waals surface area contributed by atoms with Crippen molar-refractivity contribution < 1.29 is 19.1 Å². The molecule has 1 unspecified atom stereocenters. The lowest BCUT2D eigenvalue weighted by Gasteiger charge is -2.44. The first-order valence-electron chi connectivity index (χ1n) is 11.6. The highest BCUT2D eigenvalue weighted by atomic mass is 35.5. The van der Waals surface area contributed by atoms with E-state index in [9.17, 15) is 9.59 Å². The van der Waals surface area contributed by atoms with E-state index in [1.807, 2.05) is 55.2 Å². The van der Waals surface area contributed by atoms with Gasteiger partial charge in [-0.25, -0.2) is 4.79 Å². The third kappa shape index (κ3) is 4.11. The number of nitrogens with one attached hydrogen (secondary N) is 1. The maximum Gasteiger partial charge on any atom is 0.407 e. The summed E-state index contributed by atoms with van der Waals surface area (Å²) in [5, 5.41) is 7.71. The molecule has 3 aliphatic rings. The zero-order valence-electron chi connectivity index (χ0n) is 19.7. The first-order chi connectivity index (χ1) is 16.3. The van der Waals surface area contributed by atoms with E-state index in [1.54, 1.807) is 4.68 Å². The van der Waals surface area contributed by atoms with Gasteiger partial charge in [-0.1, -0.05) is 29.8 Å². The van der Waals surface area contributed by atoms with E-state index in [-0.39, 0.29) is 24.0 Å². The number of carbonyl (C=O) groups is 2. The predicted octanol–water partition coefficient (Wildman–Crippen LogP) is 2.64. The molecular formula is C24H30ClN5O4. The fraction of sp³-hybridized carbons (Fsp3) is 0.542. The van der Waals surface area contributed by atoms with E-state index >= 15 is 0 Å². The van der Waals surface area contributed by atoms with E-state index in [1.165, 1.54) is 0 Å². The van der Waals surface area contributed by atoms with Gasteiger partial charge in [-0.05, 0) is 44.5 Å². The molecule has 1 spiro atoms. The molecule has 2 aromatic rings. The molecule has 0 bridgehead atoms. The number of nitrogens with zero attached hydrogens (tertiary/aromatic N) is 4. The van der Waals surface area contributed by atoms with Crippen molar-refractivity contribution in [3.8, 4) is 5.88 Å². The maximum atomic E-state index is 13.4. The number of aromatic nitrogens is 2. The number of rotatable bonds is 8. The lowest BCUT2D eigenvalue weighted by molar-refractivity contribution is -0.0555. The van der Waals surface area contributed by atoms with Crippen molar-refractivity contribution in [2.24, 2.45) is 13.0 Å². The van der Waals surface area contributed by atoms with Crippen molar-refractivity contribution in [1.29, 1.82) is 0 Å². The molecule has 182 valence electrons. The van der Waals surface area contributed by atoms with Crippen molar-refractivity contribution in [1.82, 2.24) is 24.9 Å². The zero-order valence-corrected chi connectivity index (χ0v) is 20.5. The first-order valence-corrected chi connectivity index (χ1v) is 12.0. The molecule has 5 rings (SSSR count). The summed E-state index contributed by atoms with van der Waals surface area (Å²) in [6, 6.07) is 7.61. The summed E-state index contributed by atoms with van der Waals surface area (Å²) in [5.41, 5.74) is 2.16. The molecule has 1 N–H and O–H groups in total. The predicted molar refractivity (Wildman–Crippen MR) is 126 cm³/mol. The molecule has 0 radical (unpaired) electrons. The molecule has 2 fully saturated rings. The first kappa shape index (κ1) is 23.0. The Labute approximate surface area is 203 Å². The van der Waals surface area contributed by atoms with E-state index < -0.39 is 5.60 Å². The van der Waals surface area contributed by atoms with Gasteiger partial charge in [-0.2, -0.15) is 0 Å². The monoisotopic (exact) mass is 487 g/mol. The van der Waals surface area contributed by atoms with Gasteiger partial charge in [0.1, 0.15) is 17.2 Å². The van der Waals surface area contributed by atoms with Crippen molar-refractivity contribution in [2.75, 3.05) is 40.3 Å². The van der Waals surface area contributed by atoms with Crippen molar-refractivity contribution in [2.45, 2.75) is 30.9 Å². The molecule has 2 amide bonds. The van der Waals surface area contributed by atoms with Crippen LogP contribution in [0.1, 0.15) is 40.5 Å². The van der Waals surface area contributed by atoms with Crippen molar-refractivity contribution in [3.05, 3.63) is 46.1 Å². The number of fused-ring (bicyclic) bond motifs is 1. The van der Waals surface area contributed by atoms with Crippen molar-refractivity contribution in [3.63, 3.8) is 0 Å². The lowest BCUT2D eigenvalue weighted by atomic mass is 9.70. The van der Waals surface area contributed by atoms with Crippen LogP contribution in [0.25, 0.3) is 0 Å². The number of halogens is 1. The van der Waals surface area contributed by atoms with Gasteiger partial charge in [-0.3, -0.25) is 9.48 Å². The molecule has 1 aromatic heterocycles. The van der Waals surface area contributed by atoms with Crippen LogP contribution in [0.15, 0.2) is 24.3 Å². The Morgan fingerprint density at radius 3 is 2.76 bits per heavy atom. The summed E-state index contributed by atoms with van der Waals surface area (Å²) in [4.78, 5) is 28.8. The normalized spacial score (nSPS) is 25.5. The largest absolute Gasteiger partial charge is 0.474 e. The summed E-state index contributed by atoms with van der Waals surface area (Å²) in [5.74, 6) is 0.728.